The molecule has 6 heteroatoms. The summed E-state index contributed by atoms with van der Waals surface area (Å²) >= 11 is 0. The molecular weight excluding hydrogens is 370 g/mol. The molecule has 0 aliphatic carbocycles. The summed E-state index contributed by atoms with van der Waals surface area (Å²) in [5.74, 6) is 0.308. The molecule has 2 aromatic carbocycles. The topological polar surface area (TPSA) is 73.9 Å². The fraction of sp³-hybridized carbons (Fsp3) is 0.304. The summed E-state index contributed by atoms with van der Waals surface area (Å²) in [7, 11) is 0. The second-order valence-corrected chi connectivity index (χ2v) is 7.84. The molecule has 0 saturated carbocycles. The van der Waals surface area contributed by atoms with E-state index in [1.54, 1.807) is 24.3 Å². The van der Waals surface area contributed by atoms with Crippen LogP contribution in [0.2, 0.25) is 0 Å². The Morgan fingerprint density at radius 3 is 2.45 bits per heavy atom. The summed E-state index contributed by atoms with van der Waals surface area (Å²) in [6.07, 6.45) is 1.95. The van der Waals surface area contributed by atoms with E-state index in [9.17, 15) is 9.59 Å². The fourth-order valence-electron chi connectivity index (χ4n) is 2.75. The number of esters is 1. The maximum absolute atomic E-state index is 12.3. The number of carbonyl (C=O) groups excluding carboxylic acids is 2. The summed E-state index contributed by atoms with van der Waals surface area (Å²) in [4.78, 5) is 24.3. The third-order valence-electron chi connectivity index (χ3n) is 4.49. The number of hydrogen-bond donors (Lipinski definition) is 1. The third kappa shape index (κ3) is 5.38. The van der Waals surface area contributed by atoms with Crippen LogP contribution in [-0.2, 0) is 19.7 Å². The summed E-state index contributed by atoms with van der Waals surface area (Å²) < 4.78 is 15.7. The highest BCUT2D eigenvalue weighted by Crippen LogP contribution is 2.32. The Bertz CT molecular complexity index is 925. The molecule has 0 saturated heterocycles. The lowest BCUT2D eigenvalue weighted by atomic mass is 9.87. The van der Waals surface area contributed by atoms with E-state index in [0.29, 0.717) is 17.2 Å². The summed E-state index contributed by atoms with van der Waals surface area (Å²) in [6.45, 7) is 8.10. The Kier molecular flexibility index (Phi) is 5.92. The van der Waals surface area contributed by atoms with Crippen LogP contribution in [0.5, 0.6) is 11.5 Å². The maximum Gasteiger partial charge on any atom is 0.331 e. The van der Waals surface area contributed by atoms with Crippen LogP contribution < -0.4 is 14.8 Å². The van der Waals surface area contributed by atoms with Crippen LogP contribution in [-0.4, -0.2) is 24.8 Å². The molecular formula is C23H25NO5. The molecule has 152 valence electrons. The average Bonchev–Trinajstić information content (AvgIpc) is 3.14. The Labute approximate surface area is 170 Å². The highest BCUT2D eigenvalue weighted by atomic mass is 16.7. The Morgan fingerprint density at radius 1 is 1.07 bits per heavy atom. The Hall–Kier alpha value is -3.28. The number of rotatable bonds is 5. The Balaban J connectivity index is 1.53. The molecule has 1 atom stereocenters. The van der Waals surface area contributed by atoms with E-state index in [2.05, 4.69) is 26.1 Å². The van der Waals surface area contributed by atoms with Gasteiger partial charge in [0.25, 0.3) is 5.91 Å². The number of fused-ring (bicyclic) bond motifs is 1. The van der Waals surface area contributed by atoms with Crippen molar-refractivity contribution in [3.8, 4) is 11.5 Å². The molecule has 0 aromatic heterocycles. The molecule has 3 rings (SSSR count). The van der Waals surface area contributed by atoms with E-state index in [4.69, 9.17) is 14.2 Å². The van der Waals surface area contributed by atoms with Crippen molar-refractivity contribution in [2.24, 2.45) is 0 Å². The number of nitrogens with one attached hydrogen (secondary N) is 1. The van der Waals surface area contributed by atoms with Crippen molar-refractivity contribution in [3.63, 3.8) is 0 Å². The van der Waals surface area contributed by atoms with E-state index >= 15 is 0 Å². The SMILES string of the molecule is C[C@@H](OC(=O)/C=C\c1ccc2c(c1)OCO2)C(=O)Nc1ccc(C(C)(C)C)cc1. The molecule has 1 amide bonds. The van der Waals surface area contributed by atoms with Gasteiger partial charge in [-0.3, -0.25) is 4.79 Å². The van der Waals surface area contributed by atoms with Gasteiger partial charge in [0.2, 0.25) is 6.79 Å². The lowest BCUT2D eigenvalue weighted by Crippen LogP contribution is -2.29. The fourth-order valence-corrected chi connectivity index (χ4v) is 2.75. The summed E-state index contributed by atoms with van der Waals surface area (Å²) in [6, 6.07) is 13.0. The first kappa shape index (κ1) is 20.5. The van der Waals surface area contributed by atoms with Gasteiger partial charge < -0.3 is 19.5 Å². The average molecular weight is 395 g/mol. The monoisotopic (exact) mass is 395 g/mol. The van der Waals surface area contributed by atoms with Gasteiger partial charge in [-0.15, -0.1) is 0 Å². The van der Waals surface area contributed by atoms with E-state index in [1.165, 1.54) is 18.6 Å². The van der Waals surface area contributed by atoms with Gasteiger partial charge in [-0.05, 0) is 53.8 Å². The van der Waals surface area contributed by atoms with Crippen LogP contribution >= 0.6 is 0 Å². The van der Waals surface area contributed by atoms with Crippen molar-refractivity contribution in [2.45, 2.75) is 39.2 Å². The molecule has 1 heterocycles. The second-order valence-electron chi connectivity index (χ2n) is 7.84. The second kappa shape index (κ2) is 8.39. The zero-order valence-electron chi connectivity index (χ0n) is 17.0. The van der Waals surface area contributed by atoms with Gasteiger partial charge in [0, 0.05) is 11.8 Å². The molecule has 6 nitrogen and oxygen atoms in total. The summed E-state index contributed by atoms with van der Waals surface area (Å²) in [5.41, 5.74) is 2.63. The van der Waals surface area contributed by atoms with Crippen LogP contribution in [0.3, 0.4) is 0 Å². The van der Waals surface area contributed by atoms with E-state index in [0.717, 1.165) is 5.56 Å². The van der Waals surface area contributed by atoms with Gasteiger partial charge in [0.15, 0.2) is 17.6 Å². The predicted octanol–water partition coefficient (Wildman–Crippen LogP) is 4.30. The van der Waals surface area contributed by atoms with Crippen molar-refractivity contribution in [1.29, 1.82) is 0 Å². The zero-order valence-corrected chi connectivity index (χ0v) is 17.0. The predicted molar refractivity (Wildman–Crippen MR) is 111 cm³/mol. The molecule has 0 spiro atoms. The number of hydrogen-bond acceptors (Lipinski definition) is 5. The molecule has 29 heavy (non-hydrogen) atoms. The first-order chi connectivity index (χ1) is 13.7. The first-order valence-electron chi connectivity index (χ1n) is 9.42. The minimum Gasteiger partial charge on any atom is -0.454 e. The number of benzene rings is 2. The largest absolute Gasteiger partial charge is 0.454 e. The molecule has 1 aliphatic rings. The lowest BCUT2D eigenvalue weighted by molar-refractivity contribution is -0.148. The van der Waals surface area contributed by atoms with E-state index in [1.807, 2.05) is 24.3 Å². The molecule has 0 bridgehead atoms. The first-order valence-corrected chi connectivity index (χ1v) is 9.42. The van der Waals surface area contributed by atoms with Crippen molar-refractivity contribution in [2.75, 3.05) is 12.1 Å². The van der Waals surface area contributed by atoms with Crippen LogP contribution in [0.4, 0.5) is 5.69 Å². The minimum absolute atomic E-state index is 0.0374. The summed E-state index contributed by atoms with van der Waals surface area (Å²) in [5, 5.41) is 2.76. The van der Waals surface area contributed by atoms with Gasteiger partial charge >= 0.3 is 5.97 Å². The third-order valence-corrected chi connectivity index (χ3v) is 4.49. The standard InChI is InChI=1S/C23H25NO5/c1-15(22(26)24-18-9-7-17(8-10-18)23(2,3)4)29-21(25)12-6-16-5-11-19-20(13-16)28-14-27-19/h5-13,15H,14H2,1-4H3,(H,24,26)/b12-6-/t15-/m1/s1. The molecule has 2 aromatic rings. The van der Waals surface area contributed by atoms with Gasteiger partial charge in [0.1, 0.15) is 0 Å². The number of carbonyl (C=O) groups is 2. The van der Waals surface area contributed by atoms with Crippen molar-refractivity contribution >= 4 is 23.6 Å². The number of ether oxygens (including phenoxy) is 3. The highest BCUT2D eigenvalue weighted by molar-refractivity contribution is 5.96. The lowest BCUT2D eigenvalue weighted by Gasteiger charge is -2.19. The number of amides is 1. The highest BCUT2D eigenvalue weighted by Gasteiger charge is 2.18. The quantitative estimate of drug-likeness (QED) is 0.604. The van der Waals surface area contributed by atoms with Crippen LogP contribution in [0.15, 0.2) is 48.5 Å². The molecule has 0 unspecified atom stereocenters. The van der Waals surface area contributed by atoms with E-state index in [-0.39, 0.29) is 12.2 Å². The van der Waals surface area contributed by atoms with Gasteiger partial charge in [-0.2, -0.15) is 0 Å². The van der Waals surface area contributed by atoms with E-state index < -0.39 is 18.0 Å². The Morgan fingerprint density at radius 2 is 1.76 bits per heavy atom. The normalized spacial score (nSPS) is 13.9. The van der Waals surface area contributed by atoms with Crippen LogP contribution in [0.1, 0.15) is 38.8 Å². The molecule has 1 N–H and O–H groups in total. The smallest absolute Gasteiger partial charge is 0.331 e. The van der Waals surface area contributed by atoms with Crippen LogP contribution in [0, 0.1) is 0 Å². The molecule has 0 fully saturated rings. The maximum atomic E-state index is 12.3. The molecule has 0 radical (unpaired) electrons. The molecule has 1 aliphatic heterocycles. The van der Waals surface area contributed by atoms with Crippen molar-refractivity contribution < 1.29 is 23.8 Å². The zero-order chi connectivity index (χ0) is 21.0. The van der Waals surface area contributed by atoms with Gasteiger partial charge in [0.05, 0.1) is 0 Å². The van der Waals surface area contributed by atoms with Gasteiger partial charge in [-0.25, -0.2) is 4.79 Å². The minimum atomic E-state index is -0.925. The number of anilines is 1. The van der Waals surface area contributed by atoms with Crippen LogP contribution in [0.25, 0.3) is 6.08 Å². The van der Waals surface area contributed by atoms with Crippen molar-refractivity contribution in [3.05, 3.63) is 59.7 Å². The van der Waals surface area contributed by atoms with Crippen molar-refractivity contribution in [1.82, 2.24) is 0 Å². The van der Waals surface area contributed by atoms with Gasteiger partial charge in [-0.1, -0.05) is 39.0 Å².